The average molecular weight is 186 g/mol. The minimum Gasteiger partial charge on any atom is -0.0499 e. The third kappa shape index (κ3) is 0.390. The van der Waals surface area contributed by atoms with E-state index in [1.807, 2.05) is 0 Å². The molecule has 0 aromatic rings. The van der Waals surface area contributed by atoms with Gasteiger partial charge in [0.05, 0.1) is 0 Å². The smallest absolute Gasteiger partial charge is 0.0312 e. The van der Waals surface area contributed by atoms with Gasteiger partial charge in [-0.2, -0.15) is 0 Å². The molecule has 0 aliphatic heterocycles. The van der Waals surface area contributed by atoms with Gasteiger partial charge in [0, 0.05) is 0 Å². The average Bonchev–Trinajstić information content (AvgIpc) is 2.17. The summed E-state index contributed by atoms with van der Waals surface area (Å²) in [6.07, 6.45) is 6.60. The van der Waals surface area contributed by atoms with Crippen molar-refractivity contribution in [2.45, 2.75) is 25.7 Å². The molecule has 0 amide bonds. The van der Waals surface area contributed by atoms with Gasteiger partial charge in [0.25, 0.3) is 0 Å². The van der Waals surface area contributed by atoms with E-state index in [2.05, 4.69) is 0 Å². The molecule has 0 nitrogen and oxygen atoms in total. The van der Waals surface area contributed by atoms with Crippen LogP contribution < -0.4 is 0 Å². The minimum atomic E-state index is 1.22. The summed E-state index contributed by atoms with van der Waals surface area (Å²) in [6.45, 7) is 0. The van der Waals surface area contributed by atoms with E-state index in [4.69, 9.17) is 0 Å². The maximum Gasteiger partial charge on any atom is -0.0312 e. The highest BCUT2D eigenvalue weighted by atomic mass is 14.9. The van der Waals surface area contributed by atoms with Gasteiger partial charge >= 0.3 is 0 Å². The van der Waals surface area contributed by atoms with Crippen LogP contribution in [0.25, 0.3) is 0 Å². The van der Waals surface area contributed by atoms with Crippen molar-refractivity contribution in [2.75, 3.05) is 0 Å². The molecule has 10 unspecified atom stereocenters. The number of hydrogen-bond donors (Lipinski definition) is 0. The van der Waals surface area contributed by atoms with E-state index >= 15 is 0 Å². The minimum absolute atomic E-state index is 1.22. The second kappa shape index (κ2) is 1.62. The number of rotatable bonds is 0. The van der Waals surface area contributed by atoms with E-state index in [1.165, 1.54) is 59.2 Å². The second-order valence-electron chi connectivity index (χ2n) is 7.36. The lowest BCUT2D eigenvalue weighted by Crippen LogP contribution is -2.83. The van der Waals surface area contributed by atoms with Crippen molar-refractivity contribution < 1.29 is 0 Å². The Hall–Kier alpha value is 0. The summed E-state index contributed by atoms with van der Waals surface area (Å²) in [7, 11) is 0. The van der Waals surface area contributed by atoms with Crippen molar-refractivity contribution >= 4 is 0 Å². The van der Waals surface area contributed by atoms with Crippen LogP contribution in [0.2, 0.25) is 0 Å². The van der Waals surface area contributed by atoms with Crippen LogP contribution in [0.3, 0.4) is 0 Å². The van der Waals surface area contributed by atoms with Crippen LogP contribution in [-0.4, -0.2) is 0 Å². The number of hydrogen-bond acceptors (Lipinski definition) is 0. The third-order valence-electron chi connectivity index (χ3n) is 7.79. The van der Waals surface area contributed by atoms with Crippen LogP contribution >= 0.6 is 0 Å². The first-order valence-corrected chi connectivity index (χ1v) is 6.95. The van der Waals surface area contributed by atoms with E-state index in [9.17, 15) is 0 Å². The molecule has 0 spiro atoms. The van der Waals surface area contributed by atoms with E-state index in [-0.39, 0.29) is 0 Å². The Bertz CT molecular complexity index is 289. The van der Waals surface area contributed by atoms with Crippen LogP contribution in [0.5, 0.6) is 0 Å². The van der Waals surface area contributed by atoms with Gasteiger partial charge in [0.2, 0.25) is 0 Å². The van der Waals surface area contributed by atoms with E-state index in [1.54, 1.807) is 25.7 Å². The monoisotopic (exact) mass is 186 g/mol. The topological polar surface area (TPSA) is 0 Å². The van der Waals surface area contributed by atoms with Gasteiger partial charge in [-0.25, -0.2) is 0 Å². The first kappa shape index (κ1) is 6.55. The van der Waals surface area contributed by atoms with Gasteiger partial charge in [0.15, 0.2) is 0 Å². The molecule has 0 heterocycles. The molecule has 6 saturated carbocycles. The second-order valence-corrected chi connectivity index (χ2v) is 7.36. The highest BCUT2D eigenvalue weighted by Crippen LogP contribution is 2.86. The van der Waals surface area contributed by atoms with Gasteiger partial charge in [-0.05, 0) is 84.9 Å². The summed E-state index contributed by atoms with van der Waals surface area (Å²) in [6, 6.07) is 0. The maximum atomic E-state index is 1.67. The van der Waals surface area contributed by atoms with Gasteiger partial charge in [-0.15, -0.1) is 0 Å². The molecular weight excluding hydrogens is 168 g/mol. The first-order valence-electron chi connectivity index (χ1n) is 6.95. The lowest BCUT2D eigenvalue weighted by molar-refractivity contribution is -0.398. The number of fused-ring (bicyclic) bond motifs is 3. The van der Waals surface area contributed by atoms with Crippen LogP contribution in [0.15, 0.2) is 0 Å². The lowest BCUT2D eigenvalue weighted by Gasteiger charge is -2.87. The summed E-state index contributed by atoms with van der Waals surface area (Å²) in [5.74, 6) is 12.7. The molecule has 6 aliphatic rings. The molecule has 0 saturated heterocycles. The molecule has 6 rings (SSSR count). The molecule has 0 bridgehead atoms. The van der Waals surface area contributed by atoms with E-state index in [0.29, 0.717) is 0 Å². The zero-order valence-electron chi connectivity index (χ0n) is 8.60. The van der Waals surface area contributed by atoms with E-state index < -0.39 is 0 Å². The van der Waals surface area contributed by atoms with Crippen molar-refractivity contribution in [3.05, 3.63) is 0 Å². The largest absolute Gasteiger partial charge is 0.0499 e. The molecule has 6 fully saturated rings. The van der Waals surface area contributed by atoms with Gasteiger partial charge in [0.1, 0.15) is 0 Å². The summed E-state index contributed by atoms with van der Waals surface area (Å²) >= 11 is 0. The predicted molar refractivity (Wildman–Crippen MR) is 53.4 cm³/mol. The Balaban J connectivity index is 1.51. The Kier molecular flexibility index (Phi) is 0.758. The van der Waals surface area contributed by atoms with Crippen LogP contribution in [0.4, 0.5) is 0 Å². The highest BCUT2D eigenvalue weighted by molar-refractivity contribution is 5.29. The molecule has 6 aliphatic carbocycles. The standard InChI is InChI=1S/C14H18/c1-2-6-4-8-10(6)14-12(8)11-7-3-5(1)9(7)13(11)14/h5-14H,1-4H2. The highest BCUT2D eigenvalue weighted by Gasteiger charge is 2.81. The Morgan fingerprint density at radius 3 is 1.50 bits per heavy atom. The summed E-state index contributed by atoms with van der Waals surface area (Å²) in [5.41, 5.74) is 0. The van der Waals surface area contributed by atoms with Crippen molar-refractivity contribution in [1.82, 2.24) is 0 Å². The van der Waals surface area contributed by atoms with Crippen molar-refractivity contribution in [3.8, 4) is 0 Å². The SMILES string of the molecule is C1CC2CC3C2C2C3C3C4CC1C4C32. The van der Waals surface area contributed by atoms with Crippen molar-refractivity contribution in [3.63, 3.8) is 0 Å². The molecular formula is C14H18. The zero-order chi connectivity index (χ0) is 8.60. The Labute approximate surface area is 85.4 Å². The van der Waals surface area contributed by atoms with Crippen molar-refractivity contribution in [1.29, 1.82) is 0 Å². The zero-order valence-corrected chi connectivity index (χ0v) is 8.60. The molecule has 0 aromatic heterocycles. The first-order chi connectivity index (χ1) is 6.95. The summed E-state index contributed by atoms with van der Waals surface area (Å²) in [4.78, 5) is 0. The fourth-order valence-corrected chi connectivity index (χ4v) is 7.47. The molecule has 0 aromatic carbocycles. The van der Waals surface area contributed by atoms with Gasteiger partial charge < -0.3 is 0 Å². The molecule has 74 valence electrons. The van der Waals surface area contributed by atoms with Gasteiger partial charge in [-0.1, -0.05) is 0 Å². The maximum absolute atomic E-state index is 1.67. The van der Waals surface area contributed by atoms with Gasteiger partial charge in [-0.3, -0.25) is 0 Å². The molecule has 0 heteroatoms. The quantitative estimate of drug-likeness (QED) is 0.545. The fraction of sp³-hybridized carbons (Fsp3) is 1.00. The Morgan fingerprint density at radius 1 is 0.500 bits per heavy atom. The molecule has 14 heavy (non-hydrogen) atoms. The molecule has 0 N–H and O–H groups in total. The van der Waals surface area contributed by atoms with Crippen molar-refractivity contribution in [2.24, 2.45) is 59.2 Å². The van der Waals surface area contributed by atoms with Crippen LogP contribution in [0, 0.1) is 59.2 Å². The molecule has 10 atom stereocenters. The summed E-state index contributed by atoms with van der Waals surface area (Å²) < 4.78 is 0. The van der Waals surface area contributed by atoms with Crippen LogP contribution in [0.1, 0.15) is 25.7 Å². The lowest BCUT2D eigenvalue weighted by atomic mass is 9.17. The normalized spacial score (nSPS) is 84.0. The fourth-order valence-electron chi connectivity index (χ4n) is 7.47. The summed E-state index contributed by atoms with van der Waals surface area (Å²) in [5, 5.41) is 0. The predicted octanol–water partition coefficient (Wildman–Crippen LogP) is 2.79. The third-order valence-corrected chi connectivity index (χ3v) is 7.79. The molecule has 0 radical (unpaired) electrons. The van der Waals surface area contributed by atoms with E-state index in [0.717, 1.165) is 0 Å². The Morgan fingerprint density at radius 2 is 1.00 bits per heavy atom. The van der Waals surface area contributed by atoms with Crippen LogP contribution in [-0.2, 0) is 0 Å².